The Balaban J connectivity index is 2.57. The van der Waals surface area contributed by atoms with Crippen LogP contribution >= 0.6 is 0 Å². The van der Waals surface area contributed by atoms with E-state index in [1.165, 1.54) is 0 Å². The summed E-state index contributed by atoms with van der Waals surface area (Å²) < 4.78 is 5.31. The van der Waals surface area contributed by atoms with Crippen LogP contribution in [0.3, 0.4) is 0 Å². The zero-order valence-corrected chi connectivity index (χ0v) is 12.9. The van der Waals surface area contributed by atoms with E-state index in [1.807, 2.05) is 37.9 Å². The molecule has 0 aliphatic heterocycles. The quantitative estimate of drug-likeness (QED) is 0.625. The van der Waals surface area contributed by atoms with Gasteiger partial charge in [0, 0.05) is 27.7 Å². The molecular formula is C14H24N4O2. The van der Waals surface area contributed by atoms with Gasteiger partial charge in [0.25, 0.3) is 0 Å². The number of guanidine groups is 1. The molecule has 0 saturated carbocycles. The molecule has 112 valence electrons. The van der Waals surface area contributed by atoms with Crippen LogP contribution in [0, 0.1) is 5.41 Å². The summed E-state index contributed by atoms with van der Waals surface area (Å²) in [7, 11) is 5.28. The summed E-state index contributed by atoms with van der Waals surface area (Å²) in [6, 6.07) is 3.77. The topological polar surface area (TPSA) is 69.9 Å². The summed E-state index contributed by atoms with van der Waals surface area (Å²) in [4.78, 5) is 17.9. The van der Waals surface area contributed by atoms with Gasteiger partial charge >= 0.3 is 0 Å². The molecular weight excluding hydrogens is 256 g/mol. The van der Waals surface area contributed by atoms with E-state index in [1.54, 1.807) is 20.4 Å². The van der Waals surface area contributed by atoms with Gasteiger partial charge in [-0.25, -0.2) is 0 Å². The van der Waals surface area contributed by atoms with Crippen LogP contribution in [-0.4, -0.2) is 44.5 Å². The number of furan rings is 1. The molecule has 0 spiro atoms. The fourth-order valence-electron chi connectivity index (χ4n) is 1.81. The first-order valence-electron chi connectivity index (χ1n) is 6.57. The molecule has 20 heavy (non-hydrogen) atoms. The summed E-state index contributed by atoms with van der Waals surface area (Å²) >= 11 is 0. The maximum absolute atomic E-state index is 11.7. The van der Waals surface area contributed by atoms with Gasteiger partial charge in [-0.1, -0.05) is 0 Å². The Bertz CT molecular complexity index is 452. The molecule has 1 aromatic heterocycles. The van der Waals surface area contributed by atoms with Crippen molar-refractivity contribution in [3.05, 3.63) is 24.2 Å². The molecule has 0 saturated heterocycles. The maximum Gasteiger partial charge on any atom is 0.227 e. The van der Waals surface area contributed by atoms with E-state index in [0.29, 0.717) is 13.1 Å². The van der Waals surface area contributed by atoms with E-state index in [4.69, 9.17) is 4.42 Å². The molecule has 0 unspecified atom stereocenters. The molecule has 0 aromatic carbocycles. The van der Waals surface area contributed by atoms with Crippen molar-refractivity contribution < 1.29 is 9.21 Å². The van der Waals surface area contributed by atoms with Crippen LogP contribution in [-0.2, 0) is 11.3 Å². The van der Waals surface area contributed by atoms with Crippen molar-refractivity contribution in [1.82, 2.24) is 15.5 Å². The molecule has 0 fully saturated rings. The Kier molecular flexibility index (Phi) is 5.61. The SMILES string of the molecule is CN=C(NCC(C)(C)C(=O)NC)N(C)Cc1ccco1. The molecule has 0 atom stereocenters. The summed E-state index contributed by atoms with van der Waals surface area (Å²) in [5, 5.41) is 5.88. The smallest absolute Gasteiger partial charge is 0.227 e. The van der Waals surface area contributed by atoms with Crippen molar-refractivity contribution in [1.29, 1.82) is 0 Å². The van der Waals surface area contributed by atoms with Crippen LogP contribution in [0.25, 0.3) is 0 Å². The number of carbonyl (C=O) groups excluding carboxylic acids is 1. The van der Waals surface area contributed by atoms with Gasteiger partial charge < -0.3 is 20.0 Å². The lowest BCUT2D eigenvalue weighted by Crippen LogP contribution is -2.47. The number of hydrogen-bond donors (Lipinski definition) is 2. The third-order valence-electron chi connectivity index (χ3n) is 3.08. The minimum absolute atomic E-state index is 0.00543. The lowest BCUT2D eigenvalue weighted by molar-refractivity contribution is -0.128. The van der Waals surface area contributed by atoms with Crippen LogP contribution in [0.1, 0.15) is 19.6 Å². The van der Waals surface area contributed by atoms with Gasteiger partial charge in [-0.3, -0.25) is 9.79 Å². The van der Waals surface area contributed by atoms with Crippen LogP contribution < -0.4 is 10.6 Å². The van der Waals surface area contributed by atoms with Gasteiger partial charge in [-0.15, -0.1) is 0 Å². The fraction of sp³-hybridized carbons (Fsp3) is 0.571. The zero-order chi connectivity index (χ0) is 15.2. The van der Waals surface area contributed by atoms with Gasteiger partial charge in [0.05, 0.1) is 18.2 Å². The summed E-state index contributed by atoms with van der Waals surface area (Å²) in [5.74, 6) is 1.58. The largest absolute Gasteiger partial charge is 0.467 e. The average Bonchev–Trinajstić information content (AvgIpc) is 2.91. The van der Waals surface area contributed by atoms with E-state index < -0.39 is 5.41 Å². The number of rotatable bonds is 5. The molecule has 6 heteroatoms. The maximum atomic E-state index is 11.7. The molecule has 1 heterocycles. The third-order valence-corrected chi connectivity index (χ3v) is 3.08. The normalized spacial score (nSPS) is 12.2. The van der Waals surface area contributed by atoms with Crippen molar-refractivity contribution in [2.24, 2.45) is 10.4 Å². The van der Waals surface area contributed by atoms with Crippen LogP contribution in [0.4, 0.5) is 0 Å². The highest BCUT2D eigenvalue weighted by Gasteiger charge is 2.27. The summed E-state index contributed by atoms with van der Waals surface area (Å²) in [5.41, 5.74) is -0.504. The number of carbonyl (C=O) groups is 1. The lowest BCUT2D eigenvalue weighted by Gasteiger charge is -2.27. The van der Waals surface area contributed by atoms with Gasteiger partial charge in [0.2, 0.25) is 5.91 Å². The van der Waals surface area contributed by atoms with Gasteiger partial charge in [-0.2, -0.15) is 0 Å². The lowest BCUT2D eigenvalue weighted by atomic mass is 9.92. The molecule has 1 aromatic rings. The van der Waals surface area contributed by atoms with Crippen LogP contribution in [0.2, 0.25) is 0 Å². The van der Waals surface area contributed by atoms with Crippen molar-refractivity contribution in [2.75, 3.05) is 27.7 Å². The fourth-order valence-corrected chi connectivity index (χ4v) is 1.81. The standard InChI is InChI=1S/C14H24N4O2/c1-14(2,12(19)15-3)10-17-13(16-4)18(5)9-11-7-6-8-20-11/h6-8H,9-10H2,1-5H3,(H,15,19)(H,16,17). The van der Waals surface area contributed by atoms with Gasteiger partial charge in [0.1, 0.15) is 5.76 Å². The molecule has 0 bridgehead atoms. The Hall–Kier alpha value is -1.98. The first-order valence-corrected chi connectivity index (χ1v) is 6.57. The molecule has 0 radical (unpaired) electrons. The van der Waals surface area contributed by atoms with Crippen LogP contribution in [0.5, 0.6) is 0 Å². The van der Waals surface area contributed by atoms with E-state index in [9.17, 15) is 4.79 Å². The second-order valence-corrected chi connectivity index (χ2v) is 5.30. The third kappa shape index (κ3) is 4.29. The molecule has 1 amide bonds. The highest BCUT2D eigenvalue weighted by molar-refractivity contribution is 5.84. The number of nitrogens with one attached hydrogen (secondary N) is 2. The number of aliphatic imine (C=N–C) groups is 1. The highest BCUT2D eigenvalue weighted by Crippen LogP contribution is 2.13. The molecule has 0 aliphatic rings. The predicted octanol–water partition coefficient (Wildman–Crippen LogP) is 1.06. The minimum Gasteiger partial charge on any atom is -0.467 e. The van der Waals surface area contributed by atoms with Crippen molar-refractivity contribution in [3.63, 3.8) is 0 Å². The molecule has 1 rings (SSSR count). The Morgan fingerprint density at radius 2 is 2.20 bits per heavy atom. The molecule has 2 N–H and O–H groups in total. The van der Waals surface area contributed by atoms with E-state index in [2.05, 4.69) is 15.6 Å². The van der Waals surface area contributed by atoms with E-state index >= 15 is 0 Å². The van der Waals surface area contributed by atoms with E-state index in [-0.39, 0.29) is 5.91 Å². The summed E-state index contributed by atoms with van der Waals surface area (Å²) in [6.45, 7) is 4.90. The number of hydrogen-bond acceptors (Lipinski definition) is 3. The van der Waals surface area contributed by atoms with Crippen molar-refractivity contribution >= 4 is 11.9 Å². The van der Waals surface area contributed by atoms with Gasteiger partial charge in [-0.05, 0) is 26.0 Å². The minimum atomic E-state index is -0.504. The highest BCUT2D eigenvalue weighted by atomic mass is 16.3. The van der Waals surface area contributed by atoms with Crippen LogP contribution in [0.15, 0.2) is 27.8 Å². The average molecular weight is 280 g/mol. The molecule has 6 nitrogen and oxygen atoms in total. The number of amides is 1. The summed E-state index contributed by atoms with van der Waals surface area (Å²) in [6.07, 6.45) is 1.65. The Morgan fingerprint density at radius 3 is 2.70 bits per heavy atom. The zero-order valence-electron chi connectivity index (χ0n) is 12.9. The second-order valence-electron chi connectivity index (χ2n) is 5.30. The first-order chi connectivity index (χ1) is 9.40. The Labute approximate surface area is 120 Å². The first kappa shape index (κ1) is 16.1. The van der Waals surface area contributed by atoms with Crippen molar-refractivity contribution in [3.8, 4) is 0 Å². The second kappa shape index (κ2) is 6.98. The van der Waals surface area contributed by atoms with Gasteiger partial charge in [0.15, 0.2) is 5.96 Å². The molecule has 0 aliphatic carbocycles. The Morgan fingerprint density at radius 1 is 1.50 bits per heavy atom. The van der Waals surface area contributed by atoms with Crippen molar-refractivity contribution in [2.45, 2.75) is 20.4 Å². The van der Waals surface area contributed by atoms with E-state index in [0.717, 1.165) is 11.7 Å². The number of nitrogens with zero attached hydrogens (tertiary/aromatic N) is 2. The monoisotopic (exact) mass is 280 g/mol. The predicted molar refractivity (Wildman–Crippen MR) is 79.4 cm³/mol.